The standard InChI is InChI=1S/C30H32N2O3/c1-3-35-27(33)18-25-23-10-4-5-13-26(23)32(30(25)34)21-14-16-31(17-15-21)29-19(2)22-11-6-8-20-9-7-12-24(29)28(20)22/h4-13,19,21,25,29H,3,14-18H2,1-2H3/t19-,25?,29?/m1/s1. The number of carbonyl (C=O) groups excluding carboxylic acids is 2. The summed E-state index contributed by atoms with van der Waals surface area (Å²) in [7, 11) is 0. The summed E-state index contributed by atoms with van der Waals surface area (Å²) >= 11 is 0. The highest BCUT2D eigenvalue weighted by molar-refractivity contribution is 6.07. The third-order valence-corrected chi connectivity index (χ3v) is 8.29. The summed E-state index contributed by atoms with van der Waals surface area (Å²) in [6.07, 6.45) is 1.98. The smallest absolute Gasteiger partial charge is 0.306 e. The number of rotatable bonds is 5. The number of nitrogens with zero attached hydrogens (tertiary/aromatic N) is 2. The first kappa shape index (κ1) is 22.3. The maximum absolute atomic E-state index is 13.6. The van der Waals surface area contributed by atoms with E-state index in [2.05, 4.69) is 48.2 Å². The minimum Gasteiger partial charge on any atom is -0.466 e. The van der Waals surface area contributed by atoms with Crippen LogP contribution in [0.15, 0.2) is 60.7 Å². The van der Waals surface area contributed by atoms with E-state index in [1.165, 1.54) is 21.9 Å². The van der Waals surface area contributed by atoms with E-state index in [1.807, 2.05) is 29.2 Å². The molecular formula is C30H32N2O3. The van der Waals surface area contributed by atoms with Crippen LogP contribution in [0.1, 0.15) is 67.7 Å². The van der Waals surface area contributed by atoms with Crippen LogP contribution in [0, 0.1) is 0 Å². The van der Waals surface area contributed by atoms with Gasteiger partial charge in [-0.1, -0.05) is 61.5 Å². The third-order valence-electron chi connectivity index (χ3n) is 8.29. The van der Waals surface area contributed by atoms with Crippen LogP contribution >= 0.6 is 0 Å². The molecule has 5 heteroatoms. The van der Waals surface area contributed by atoms with Gasteiger partial charge in [0.1, 0.15) is 0 Å². The minimum absolute atomic E-state index is 0.0455. The molecule has 3 aromatic carbocycles. The molecule has 0 saturated carbocycles. The average Bonchev–Trinajstić information content (AvgIpc) is 3.32. The minimum atomic E-state index is -0.440. The van der Waals surface area contributed by atoms with E-state index in [1.54, 1.807) is 6.92 Å². The first-order valence-corrected chi connectivity index (χ1v) is 12.9. The molecular weight excluding hydrogens is 436 g/mol. The molecule has 1 amide bonds. The summed E-state index contributed by atoms with van der Waals surface area (Å²) in [6, 6.07) is 21.9. The molecule has 2 aliphatic heterocycles. The van der Waals surface area contributed by atoms with Crippen molar-refractivity contribution in [2.45, 2.75) is 57.0 Å². The van der Waals surface area contributed by atoms with E-state index in [9.17, 15) is 9.59 Å². The van der Waals surface area contributed by atoms with Crippen LogP contribution in [0.5, 0.6) is 0 Å². The van der Waals surface area contributed by atoms with Gasteiger partial charge in [0.05, 0.1) is 18.9 Å². The van der Waals surface area contributed by atoms with Gasteiger partial charge >= 0.3 is 5.97 Å². The molecule has 0 spiro atoms. The Kier molecular flexibility index (Phi) is 5.60. The van der Waals surface area contributed by atoms with Crippen LogP contribution < -0.4 is 4.90 Å². The number of likely N-dealkylation sites (tertiary alicyclic amines) is 1. The Hall–Kier alpha value is -3.18. The molecule has 1 fully saturated rings. The van der Waals surface area contributed by atoms with Crippen LogP contribution in [-0.4, -0.2) is 42.5 Å². The lowest BCUT2D eigenvalue weighted by Gasteiger charge is -2.41. The highest BCUT2D eigenvalue weighted by atomic mass is 16.5. The molecule has 3 aliphatic rings. The fraction of sp³-hybridized carbons (Fsp3) is 0.400. The van der Waals surface area contributed by atoms with Crippen molar-refractivity contribution < 1.29 is 14.3 Å². The molecule has 5 nitrogen and oxygen atoms in total. The van der Waals surface area contributed by atoms with Crippen molar-refractivity contribution in [1.82, 2.24) is 4.90 Å². The lowest BCUT2D eigenvalue weighted by Crippen LogP contribution is -2.48. The third kappa shape index (κ3) is 3.56. The summed E-state index contributed by atoms with van der Waals surface area (Å²) in [5, 5.41) is 2.76. The Bertz CT molecular complexity index is 1290. The zero-order valence-electron chi connectivity index (χ0n) is 20.4. The molecule has 180 valence electrons. The molecule has 0 bridgehead atoms. The topological polar surface area (TPSA) is 49.9 Å². The predicted octanol–water partition coefficient (Wildman–Crippen LogP) is 5.55. The second kappa shape index (κ2) is 8.80. The highest BCUT2D eigenvalue weighted by Crippen LogP contribution is 2.49. The lowest BCUT2D eigenvalue weighted by atomic mass is 9.93. The van der Waals surface area contributed by atoms with Gasteiger partial charge in [-0.3, -0.25) is 14.5 Å². The Labute approximate surface area is 206 Å². The Morgan fingerprint density at radius 3 is 2.37 bits per heavy atom. The van der Waals surface area contributed by atoms with Gasteiger partial charge in [-0.2, -0.15) is 0 Å². The fourth-order valence-electron chi connectivity index (χ4n) is 6.78. The number of amides is 1. The number of hydrogen-bond acceptors (Lipinski definition) is 4. The summed E-state index contributed by atoms with van der Waals surface area (Å²) in [4.78, 5) is 30.4. The second-order valence-corrected chi connectivity index (χ2v) is 10.1. The van der Waals surface area contributed by atoms with Gasteiger partial charge in [0, 0.05) is 36.8 Å². The molecule has 0 aromatic heterocycles. The van der Waals surface area contributed by atoms with Gasteiger partial charge < -0.3 is 9.64 Å². The molecule has 2 unspecified atom stereocenters. The van der Waals surface area contributed by atoms with E-state index in [4.69, 9.17) is 4.74 Å². The van der Waals surface area contributed by atoms with Crippen molar-refractivity contribution >= 4 is 28.3 Å². The van der Waals surface area contributed by atoms with Crippen molar-refractivity contribution in [3.8, 4) is 0 Å². The second-order valence-electron chi connectivity index (χ2n) is 10.1. The van der Waals surface area contributed by atoms with Crippen LogP contribution in [0.3, 0.4) is 0 Å². The van der Waals surface area contributed by atoms with Crippen LogP contribution in [0.4, 0.5) is 5.69 Å². The number of piperidine rings is 1. The number of benzene rings is 3. The van der Waals surface area contributed by atoms with Crippen molar-refractivity contribution in [2.75, 3.05) is 24.6 Å². The number of ether oxygens (including phenoxy) is 1. The van der Waals surface area contributed by atoms with Crippen LogP contribution in [-0.2, 0) is 14.3 Å². The number of anilines is 1. The van der Waals surface area contributed by atoms with E-state index < -0.39 is 5.92 Å². The fourth-order valence-corrected chi connectivity index (χ4v) is 6.78. The molecule has 6 rings (SSSR count). The molecule has 0 radical (unpaired) electrons. The zero-order valence-corrected chi connectivity index (χ0v) is 20.4. The molecule has 1 saturated heterocycles. The summed E-state index contributed by atoms with van der Waals surface area (Å²) in [5.74, 6) is -0.244. The molecule has 3 atom stereocenters. The largest absolute Gasteiger partial charge is 0.466 e. The van der Waals surface area contributed by atoms with Gasteiger partial charge in [0.15, 0.2) is 0 Å². The van der Waals surface area contributed by atoms with Gasteiger partial charge in [0.2, 0.25) is 5.91 Å². The Morgan fingerprint density at radius 1 is 0.943 bits per heavy atom. The molecule has 0 N–H and O–H groups in total. The monoisotopic (exact) mass is 468 g/mol. The highest BCUT2D eigenvalue weighted by Gasteiger charge is 2.44. The molecule has 2 heterocycles. The van der Waals surface area contributed by atoms with E-state index in [0.717, 1.165) is 37.2 Å². The zero-order chi connectivity index (χ0) is 24.1. The van der Waals surface area contributed by atoms with Crippen molar-refractivity contribution in [2.24, 2.45) is 0 Å². The Balaban J connectivity index is 1.21. The number of esters is 1. The summed E-state index contributed by atoms with van der Waals surface area (Å²) < 4.78 is 5.16. The number of fused-ring (bicyclic) bond motifs is 1. The van der Waals surface area contributed by atoms with Gasteiger partial charge in [0.25, 0.3) is 0 Å². The summed E-state index contributed by atoms with van der Waals surface area (Å²) in [6.45, 7) is 6.40. The maximum Gasteiger partial charge on any atom is 0.306 e. The van der Waals surface area contributed by atoms with E-state index in [0.29, 0.717) is 18.6 Å². The first-order valence-electron chi connectivity index (χ1n) is 12.9. The van der Waals surface area contributed by atoms with Crippen molar-refractivity contribution in [1.29, 1.82) is 0 Å². The molecule has 35 heavy (non-hydrogen) atoms. The number of carbonyl (C=O) groups is 2. The molecule has 1 aliphatic carbocycles. The van der Waals surface area contributed by atoms with Gasteiger partial charge in [-0.15, -0.1) is 0 Å². The number of hydrogen-bond donors (Lipinski definition) is 0. The van der Waals surface area contributed by atoms with E-state index in [-0.39, 0.29) is 24.3 Å². The number of para-hydroxylation sites is 1. The first-order chi connectivity index (χ1) is 17.1. The summed E-state index contributed by atoms with van der Waals surface area (Å²) in [5.41, 5.74) is 4.83. The molecule has 3 aromatic rings. The normalized spacial score (nSPS) is 24.2. The van der Waals surface area contributed by atoms with Gasteiger partial charge in [-0.25, -0.2) is 0 Å². The lowest BCUT2D eigenvalue weighted by molar-refractivity contribution is -0.144. The van der Waals surface area contributed by atoms with E-state index >= 15 is 0 Å². The van der Waals surface area contributed by atoms with Crippen molar-refractivity contribution in [3.05, 3.63) is 77.4 Å². The SMILES string of the molecule is CCOC(=O)CC1C(=O)N(C2CCN(C3c4cccc5cccc(c45)[C@H]3C)CC2)c2ccccc21. The average molecular weight is 469 g/mol. The quantitative estimate of drug-likeness (QED) is 0.461. The van der Waals surface area contributed by atoms with Crippen molar-refractivity contribution in [3.63, 3.8) is 0 Å². The van der Waals surface area contributed by atoms with Crippen LogP contribution in [0.25, 0.3) is 10.8 Å². The van der Waals surface area contributed by atoms with Crippen LogP contribution in [0.2, 0.25) is 0 Å². The maximum atomic E-state index is 13.6. The Morgan fingerprint density at radius 2 is 1.63 bits per heavy atom. The van der Waals surface area contributed by atoms with Gasteiger partial charge in [-0.05, 0) is 53.3 Å². The predicted molar refractivity (Wildman–Crippen MR) is 138 cm³/mol.